The molecule has 0 radical (unpaired) electrons. The molecule has 22 heavy (non-hydrogen) atoms. The van der Waals surface area contributed by atoms with Crippen LogP contribution in [0.2, 0.25) is 0 Å². The van der Waals surface area contributed by atoms with E-state index in [1.165, 1.54) is 12.1 Å². The van der Waals surface area contributed by atoms with Crippen molar-refractivity contribution < 1.29 is 14.6 Å². The van der Waals surface area contributed by atoms with Gasteiger partial charge in [-0.1, -0.05) is 23.4 Å². The minimum Gasteiger partial charge on any atom is -0.494 e. The number of aromatic carboxylic acids is 1. The van der Waals surface area contributed by atoms with Crippen LogP contribution in [0, 0.1) is 0 Å². The van der Waals surface area contributed by atoms with Crippen molar-refractivity contribution in [3.05, 3.63) is 54.1 Å². The van der Waals surface area contributed by atoms with Crippen LogP contribution in [0.4, 0.5) is 0 Å². The second-order valence-electron chi connectivity index (χ2n) is 4.84. The van der Waals surface area contributed by atoms with E-state index in [9.17, 15) is 4.79 Å². The summed E-state index contributed by atoms with van der Waals surface area (Å²) < 4.78 is 7.42. The van der Waals surface area contributed by atoms with Gasteiger partial charge in [-0.25, -0.2) is 9.48 Å². The first-order valence-corrected chi connectivity index (χ1v) is 6.98. The zero-order valence-electron chi connectivity index (χ0n) is 11.8. The number of aryl methyl sites for hydroxylation is 1. The molecule has 0 fully saturated rings. The number of ether oxygens (including phenoxy) is 1. The predicted octanol–water partition coefficient (Wildman–Crippen LogP) is 2.60. The van der Waals surface area contributed by atoms with Crippen LogP contribution < -0.4 is 4.74 Å². The fourth-order valence-electron chi connectivity index (χ4n) is 2.21. The Morgan fingerprint density at radius 2 is 2.05 bits per heavy atom. The topological polar surface area (TPSA) is 77.2 Å². The number of hydrogen-bond donors (Lipinski definition) is 1. The van der Waals surface area contributed by atoms with Crippen LogP contribution in [-0.4, -0.2) is 32.7 Å². The second kappa shape index (κ2) is 6.26. The molecule has 6 nitrogen and oxygen atoms in total. The standard InChI is InChI=1S/C16H15N3O3/c20-16(21)12-5-3-6-13(11-12)22-10-4-9-19-15-8-2-1-7-14(15)17-18-19/h1-3,5-8,11H,4,9-10H2,(H,20,21). The van der Waals surface area contributed by atoms with E-state index in [0.717, 1.165) is 17.5 Å². The highest BCUT2D eigenvalue weighted by Gasteiger charge is 2.05. The summed E-state index contributed by atoms with van der Waals surface area (Å²) in [6.45, 7) is 1.18. The lowest BCUT2D eigenvalue weighted by Crippen LogP contribution is -2.06. The summed E-state index contributed by atoms with van der Waals surface area (Å²) >= 11 is 0. The molecular formula is C16H15N3O3. The molecule has 6 heteroatoms. The highest BCUT2D eigenvalue weighted by molar-refractivity contribution is 5.88. The van der Waals surface area contributed by atoms with Crippen LogP contribution >= 0.6 is 0 Å². The molecule has 2 aromatic carbocycles. The normalized spacial score (nSPS) is 10.7. The minimum absolute atomic E-state index is 0.222. The van der Waals surface area contributed by atoms with E-state index in [4.69, 9.17) is 9.84 Å². The van der Waals surface area contributed by atoms with Gasteiger partial charge in [0.2, 0.25) is 0 Å². The van der Waals surface area contributed by atoms with Gasteiger partial charge in [0, 0.05) is 13.0 Å². The van der Waals surface area contributed by atoms with Gasteiger partial charge in [0.05, 0.1) is 17.7 Å². The minimum atomic E-state index is -0.959. The molecular weight excluding hydrogens is 282 g/mol. The molecule has 1 aromatic heterocycles. The monoisotopic (exact) mass is 297 g/mol. The zero-order valence-corrected chi connectivity index (χ0v) is 11.8. The maximum absolute atomic E-state index is 10.9. The Kier molecular flexibility index (Phi) is 4.00. The summed E-state index contributed by atoms with van der Waals surface area (Å²) in [6.07, 6.45) is 0.755. The highest BCUT2D eigenvalue weighted by Crippen LogP contribution is 2.14. The van der Waals surface area contributed by atoms with Crippen molar-refractivity contribution in [2.45, 2.75) is 13.0 Å². The van der Waals surface area contributed by atoms with Crippen molar-refractivity contribution in [1.82, 2.24) is 15.0 Å². The summed E-state index contributed by atoms with van der Waals surface area (Å²) in [5.41, 5.74) is 2.09. The Labute approximate surface area is 126 Å². The van der Waals surface area contributed by atoms with Crippen LogP contribution in [0.5, 0.6) is 5.75 Å². The predicted molar refractivity (Wildman–Crippen MR) is 81.0 cm³/mol. The number of fused-ring (bicyclic) bond motifs is 1. The molecule has 0 unspecified atom stereocenters. The lowest BCUT2D eigenvalue weighted by molar-refractivity contribution is 0.0696. The maximum Gasteiger partial charge on any atom is 0.335 e. The molecule has 1 N–H and O–H groups in total. The Balaban J connectivity index is 1.55. The molecule has 112 valence electrons. The lowest BCUT2D eigenvalue weighted by Gasteiger charge is -2.07. The molecule has 0 atom stereocenters. The number of aromatic nitrogens is 3. The Morgan fingerprint density at radius 1 is 1.18 bits per heavy atom. The van der Waals surface area contributed by atoms with Crippen molar-refractivity contribution >= 4 is 17.0 Å². The number of hydrogen-bond acceptors (Lipinski definition) is 4. The van der Waals surface area contributed by atoms with E-state index in [0.29, 0.717) is 18.9 Å². The number of rotatable bonds is 6. The SMILES string of the molecule is O=C(O)c1cccc(OCCCn2nnc3ccccc32)c1. The molecule has 3 rings (SSSR count). The summed E-state index contributed by atoms with van der Waals surface area (Å²) in [7, 11) is 0. The Hall–Kier alpha value is -2.89. The molecule has 3 aromatic rings. The smallest absolute Gasteiger partial charge is 0.335 e. The van der Waals surface area contributed by atoms with Crippen molar-refractivity contribution in [2.24, 2.45) is 0 Å². The van der Waals surface area contributed by atoms with Crippen molar-refractivity contribution in [3.8, 4) is 5.75 Å². The molecule has 0 aliphatic rings. The zero-order chi connectivity index (χ0) is 15.4. The molecule has 0 saturated heterocycles. The highest BCUT2D eigenvalue weighted by atomic mass is 16.5. The third-order valence-corrected chi connectivity index (χ3v) is 3.28. The van der Waals surface area contributed by atoms with Gasteiger partial charge >= 0.3 is 5.97 Å². The molecule has 0 aliphatic carbocycles. The Bertz CT molecular complexity index is 798. The number of carboxylic acids is 1. The number of nitrogens with zero attached hydrogens (tertiary/aromatic N) is 3. The first kappa shape index (κ1) is 14.1. The van der Waals surface area contributed by atoms with Gasteiger partial charge in [-0.3, -0.25) is 0 Å². The van der Waals surface area contributed by atoms with E-state index in [2.05, 4.69) is 10.3 Å². The van der Waals surface area contributed by atoms with Gasteiger partial charge in [-0.15, -0.1) is 5.10 Å². The number of benzene rings is 2. The largest absolute Gasteiger partial charge is 0.494 e. The van der Waals surface area contributed by atoms with Crippen molar-refractivity contribution in [2.75, 3.05) is 6.61 Å². The van der Waals surface area contributed by atoms with Gasteiger partial charge in [-0.2, -0.15) is 0 Å². The quantitative estimate of drug-likeness (QED) is 0.708. The molecule has 0 spiro atoms. The summed E-state index contributed by atoms with van der Waals surface area (Å²) in [5, 5.41) is 17.1. The average Bonchev–Trinajstić information content (AvgIpc) is 2.95. The first-order chi connectivity index (χ1) is 10.7. The number of carboxylic acid groups (broad SMARTS) is 1. The third-order valence-electron chi connectivity index (χ3n) is 3.28. The van der Waals surface area contributed by atoms with Crippen LogP contribution in [0.3, 0.4) is 0 Å². The Morgan fingerprint density at radius 3 is 2.91 bits per heavy atom. The molecule has 0 aliphatic heterocycles. The van der Waals surface area contributed by atoms with Gasteiger partial charge in [0.25, 0.3) is 0 Å². The number of para-hydroxylation sites is 1. The molecule has 1 heterocycles. The van der Waals surface area contributed by atoms with E-state index in [-0.39, 0.29) is 5.56 Å². The second-order valence-corrected chi connectivity index (χ2v) is 4.84. The van der Waals surface area contributed by atoms with Gasteiger partial charge in [0.15, 0.2) is 0 Å². The van der Waals surface area contributed by atoms with Gasteiger partial charge in [-0.05, 0) is 30.3 Å². The molecule has 0 saturated carbocycles. The first-order valence-electron chi connectivity index (χ1n) is 6.98. The number of carbonyl (C=O) groups is 1. The summed E-state index contributed by atoms with van der Waals surface area (Å²) in [5.74, 6) is -0.400. The van der Waals surface area contributed by atoms with E-state index in [1.54, 1.807) is 12.1 Å². The molecule has 0 bridgehead atoms. The fourth-order valence-corrected chi connectivity index (χ4v) is 2.21. The average molecular weight is 297 g/mol. The van der Waals surface area contributed by atoms with Crippen molar-refractivity contribution in [3.63, 3.8) is 0 Å². The van der Waals surface area contributed by atoms with Crippen molar-refractivity contribution in [1.29, 1.82) is 0 Å². The van der Waals surface area contributed by atoms with Crippen LogP contribution in [0.25, 0.3) is 11.0 Å². The van der Waals surface area contributed by atoms with E-state index in [1.807, 2.05) is 28.9 Å². The van der Waals surface area contributed by atoms with Crippen LogP contribution in [0.15, 0.2) is 48.5 Å². The summed E-state index contributed by atoms with van der Waals surface area (Å²) in [6, 6.07) is 14.3. The third kappa shape index (κ3) is 3.06. The molecule has 0 amide bonds. The summed E-state index contributed by atoms with van der Waals surface area (Å²) in [4.78, 5) is 10.9. The van der Waals surface area contributed by atoms with Crippen LogP contribution in [-0.2, 0) is 6.54 Å². The lowest BCUT2D eigenvalue weighted by atomic mass is 10.2. The van der Waals surface area contributed by atoms with Gasteiger partial charge in [0.1, 0.15) is 11.3 Å². The van der Waals surface area contributed by atoms with E-state index >= 15 is 0 Å². The van der Waals surface area contributed by atoms with Gasteiger partial charge < -0.3 is 9.84 Å². The maximum atomic E-state index is 10.9. The fraction of sp³-hybridized carbons (Fsp3) is 0.188. The van der Waals surface area contributed by atoms with E-state index < -0.39 is 5.97 Å². The van der Waals surface area contributed by atoms with Crippen LogP contribution in [0.1, 0.15) is 16.8 Å².